The first-order chi connectivity index (χ1) is 4.74. The summed E-state index contributed by atoms with van der Waals surface area (Å²) in [4.78, 5) is 0. The Morgan fingerprint density at radius 2 is 2.30 bits per heavy atom. The molecule has 0 aromatic carbocycles. The van der Waals surface area contributed by atoms with E-state index in [0.717, 1.165) is 18.8 Å². The molecule has 1 heteroatoms. The number of hydrogen-bond acceptors (Lipinski definition) is 1. The summed E-state index contributed by atoms with van der Waals surface area (Å²) in [6.45, 7) is 0. The van der Waals surface area contributed by atoms with Gasteiger partial charge in [0.1, 0.15) is 5.60 Å². The molecule has 0 saturated heterocycles. The van der Waals surface area contributed by atoms with E-state index >= 15 is 0 Å². The van der Waals surface area contributed by atoms with Gasteiger partial charge in [0, 0.05) is 0 Å². The first kappa shape index (κ1) is 6.24. The Kier molecular flexibility index (Phi) is 1.10. The highest BCUT2D eigenvalue weighted by atomic mass is 16.3. The summed E-state index contributed by atoms with van der Waals surface area (Å²) >= 11 is 0. The standard InChI is InChI=1S/C9H12O/c1-2-9(10)6-7-3-4-8(9)5-7/h1,7-8,10H,3-6H2/t7-,8+,9?/m0/s1. The van der Waals surface area contributed by atoms with Gasteiger partial charge >= 0.3 is 0 Å². The topological polar surface area (TPSA) is 20.2 Å². The average Bonchev–Trinajstić information content (AvgIpc) is 2.46. The highest BCUT2D eigenvalue weighted by Gasteiger charge is 2.48. The first-order valence-electron chi connectivity index (χ1n) is 3.95. The van der Waals surface area contributed by atoms with Gasteiger partial charge in [-0.25, -0.2) is 0 Å². The summed E-state index contributed by atoms with van der Waals surface area (Å²) < 4.78 is 0. The van der Waals surface area contributed by atoms with Crippen LogP contribution in [-0.2, 0) is 0 Å². The highest BCUT2D eigenvalue weighted by Crippen LogP contribution is 2.50. The normalized spacial score (nSPS) is 51.2. The van der Waals surface area contributed by atoms with Crippen molar-refractivity contribution in [1.82, 2.24) is 0 Å². The molecule has 3 atom stereocenters. The van der Waals surface area contributed by atoms with Crippen LogP contribution in [0.2, 0.25) is 0 Å². The first-order valence-corrected chi connectivity index (χ1v) is 3.95. The molecule has 54 valence electrons. The molecule has 2 aliphatic carbocycles. The number of hydrogen-bond donors (Lipinski definition) is 1. The number of terminal acetylenes is 1. The van der Waals surface area contributed by atoms with Crippen molar-refractivity contribution < 1.29 is 5.11 Å². The molecule has 0 aromatic rings. The van der Waals surface area contributed by atoms with Crippen molar-refractivity contribution >= 4 is 0 Å². The highest BCUT2D eigenvalue weighted by molar-refractivity contribution is 5.17. The quantitative estimate of drug-likeness (QED) is 0.496. The Bertz CT molecular complexity index is 191. The minimum atomic E-state index is -0.719. The Balaban J connectivity index is 2.24. The fourth-order valence-electron chi connectivity index (χ4n) is 2.48. The molecule has 2 fully saturated rings. The van der Waals surface area contributed by atoms with Gasteiger partial charge in [0.05, 0.1) is 0 Å². The van der Waals surface area contributed by atoms with Crippen molar-refractivity contribution in [3.8, 4) is 12.3 Å². The molecule has 0 amide bonds. The van der Waals surface area contributed by atoms with Gasteiger partial charge in [0.25, 0.3) is 0 Å². The largest absolute Gasteiger partial charge is 0.377 e. The summed E-state index contributed by atoms with van der Waals surface area (Å²) in [6, 6.07) is 0. The number of aliphatic hydroxyl groups is 1. The lowest BCUT2D eigenvalue weighted by Crippen LogP contribution is -2.32. The monoisotopic (exact) mass is 136 g/mol. The van der Waals surface area contributed by atoms with E-state index in [1.54, 1.807) is 0 Å². The molecule has 0 aliphatic heterocycles. The molecular weight excluding hydrogens is 124 g/mol. The Labute approximate surface area is 61.4 Å². The van der Waals surface area contributed by atoms with Crippen molar-refractivity contribution in [2.75, 3.05) is 0 Å². The van der Waals surface area contributed by atoms with Crippen LogP contribution in [0, 0.1) is 24.2 Å². The van der Waals surface area contributed by atoms with Crippen LogP contribution < -0.4 is 0 Å². The van der Waals surface area contributed by atoms with Crippen molar-refractivity contribution in [2.45, 2.75) is 31.3 Å². The van der Waals surface area contributed by atoms with Gasteiger partial charge in [-0.3, -0.25) is 0 Å². The molecule has 2 bridgehead atoms. The Hall–Kier alpha value is -0.480. The summed E-state index contributed by atoms with van der Waals surface area (Å²) in [5, 5.41) is 9.75. The molecule has 10 heavy (non-hydrogen) atoms. The second-order valence-corrected chi connectivity index (χ2v) is 3.65. The minimum Gasteiger partial charge on any atom is -0.377 e. The Morgan fingerprint density at radius 3 is 2.60 bits per heavy atom. The predicted molar refractivity (Wildman–Crippen MR) is 39.2 cm³/mol. The third kappa shape index (κ3) is 0.630. The van der Waals surface area contributed by atoms with Crippen LogP contribution in [0.5, 0.6) is 0 Å². The number of rotatable bonds is 0. The van der Waals surface area contributed by atoms with Crippen LogP contribution in [0.1, 0.15) is 25.7 Å². The van der Waals surface area contributed by atoms with Crippen molar-refractivity contribution in [1.29, 1.82) is 0 Å². The maximum absolute atomic E-state index is 9.75. The smallest absolute Gasteiger partial charge is 0.128 e. The van der Waals surface area contributed by atoms with E-state index in [4.69, 9.17) is 6.42 Å². The second kappa shape index (κ2) is 1.77. The molecule has 0 radical (unpaired) electrons. The van der Waals surface area contributed by atoms with E-state index in [-0.39, 0.29) is 0 Å². The van der Waals surface area contributed by atoms with Gasteiger partial charge < -0.3 is 5.11 Å². The van der Waals surface area contributed by atoms with Crippen LogP contribution in [0.25, 0.3) is 0 Å². The predicted octanol–water partition coefficient (Wildman–Crippen LogP) is 1.17. The Morgan fingerprint density at radius 1 is 1.50 bits per heavy atom. The summed E-state index contributed by atoms with van der Waals surface area (Å²) in [5.41, 5.74) is -0.719. The second-order valence-electron chi connectivity index (χ2n) is 3.65. The SMILES string of the molecule is C#CC1(O)C[C@H]2CC[C@@H]1C2. The maximum atomic E-state index is 9.75. The van der Waals surface area contributed by atoms with Gasteiger partial charge in [-0.2, -0.15) is 0 Å². The zero-order valence-corrected chi connectivity index (χ0v) is 6.01. The van der Waals surface area contributed by atoms with Gasteiger partial charge in [0.15, 0.2) is 0 Å². The van der Waals surface area contributed by atoms with Gasteiger partial charge in [-0.1, -0.05) is 5.92 Å². The molecule has 2 saturated carbocycles. The lowest BCUT2D eigenvalue weighted by molar-refractivity contribution is 0.0439. The minimum absolute atomic E-state index is 0.419. The van der Waals surface area contributed by atoms with E-state index in [1.807, 2.05) is 0 Å². The van der Waals surface area contributed by atoms with E-state index in [9.17, 15) is 5.11 Å². The molecule has 0 heterocycles. The van der Waals surface area contributed by atoms with Gasteiger partial charge in [0.2, 0.25) is 0 Å². The number of fused-ring (bicyclic) bond motifs is 2. The molecule has 2 aliphatic rings. The molecule has 0 aromatic heterocycles. The summed E-state index contributed by atoms with van der Waals surface area (Å²) in [6.07, 6.45) is 9.71. The van der Waals surface area contributed by atoms with Gasteiger partial charge in [-0.05, 0) is 37.5 Å². The lowest BCUT2D eigenvalue weighted by atomic mass is 9.85. The third-order valence-corrected chi connectivity index (χ3v) is 3.07. The summed E-state index contributed by atoms with van der Waals surface area (Å²) in [7, 11) is 0. The van der Waals surface area contributed by atoms with Crippen LogP contribution in [-0.4, -0.2) is 10.7 Å². The zero-order valence-electron chi connectivity index (χ0n) is 6.01. The molecule has 0 spiro atoms. The zero-order chi connectivity index (χ0) is 7.19. The van der Waals surface area contributed by atoms with Crippen molar-refractivity contribution in [2.24, 2.45) is 11.8 Å². The van der Waals surface area contributed by atoms with E-state index in [0.29, 0.717) is 5.92 Å². The fourth-order valence-corrected chi connectivity index (χ4v) is 2.48. The van der Waals surface area contributed by atoms with Crippen molar-refractivity contribution in [3.63, 3.8) is 0 Å². The third-order valence-electron chi connectivity index (χ3n) is 3.07. The van der Waals surface area contributed by atoms with E-state index in [2.05, 4.69) is 5.92 Å². The van der Waals surface area contributed by atoms with Crippen LogP contribution in [0.4, 0.5) is 0 Å². The summed E-state index contributed by atoms with van der Waals surface area (Å²) in [5.74, 6) is 3.67. The molecule has 1 nitrogen and oxygen atoms in total. The molecule has 1 N–H and O–H groups in total. The molecular formula is C9H12O. The molecule has 2 rings (SSSR count). The van der Waals surface area contributed by atoms with Gasteiger partial charge in [-0.15, -0.1) is 6.42 Å². The average molecular weight is 136 g/mol. The van der Waals surface area contributed by atoms with Crippen LogP contribution in [0.3, 0.4) is 0 Å². The lowest BCUT2D eigenvalue weighted by Gasteiger charge is -2.26. The van der Waals surface area contributed by atoms with E-state index in [1.165, 1.54) is 12.8 Å². The van der Waals surface area contributed by atoms with Crippen molar-refractivity contribution in [3.05, 3.63) is 0 Å². The maximum Gasteiger partial charge on any atom is 0.128 e. The fraction of sp³-hybridized carbons (Fsp3) is 0.778. The molecule has 1 unspecified atom stereocenters. The van der Waals surface area contributed by atoms with Crippen LogP contribution in [0.15, 0.2) is 0 Å². The van der Waals surface area contributed by atoms with E-state index < -0.39 is 5.60 Å². The van der Waals surface area contributed by atoms with Crippen LogP contribution >= 0.6 is 0 Å².